The van der Waals surface area contributed by atoms with E-state index in [0.29, 0.717) is 22.3 Å². The molecular weight excluding hydrogens is 368 g/mol. The molecule has 0 N–H and O–H groups in total. The molecule has 0 aliphatic rings. The number of aromatic nitrogens is 3. The fourth-order valence-electron chi connectivity index (χ4n) is 3.18. The van der Waals surface area contributed by atoms with Gasteiger partial charge in [0.05, 0.1) is 30.0 Å². The number of methoxy groups -OCH3 is 1. The van der Waals surface area contributed by atoms with Crippen LogP contribution < -0.4 is 0 Å². The largest absolute Gasteiger partial charge is 0.468 e. The SMILES string of the molecule is COC(=O)CN(C(=O)c1cc(-c2ccccc2)nc2c1cnn2C(C)C)C(C)C. The van der Waals surface area contributed by atoms with Crippen molar-refractivity contribution < 1.29 is 14.3 Å². The number of pyridine rings is 1. The number of carbonyl (C=O) groups is 2. The molecule has 7 heteroatoms. The van der Waals surface area contributed by atoms with Gasteiger partial charge in [0, 0.05) is 17.6 Å². The number of carbonyl (C=O) groups excluding carboxylic acids is 2. The second-order valence-electron chi connectivity index (χ2n) is 7.44. The predicted molar refractivity (Wildman–Crippen MR) is 112 cm³/mol. The minimum atomic E-state index is -0.460. The first-order valence-electron chi connectivity index (χ1n) is 9.65. The molecule has 0 radical (unpaired) electrons. The van der Waals surface area contributed by atoms with Crippen molar-refractivity contribution in [2.24, 2.45) is 0 Å². The van der Waals surface area contributed by atoms with Crippen LogP contribution in [0.25, 0.3) is 22.3 Å². The minimum absolute atomic E-state index is 0.0882. The summed E-state index contributed by atoms with van der Waals surface area (Å²) >= 11 is 0. The van der Waals surface area contributed by atoms with Gasteiger partial charge in [0.15, 0.2) is 5.65 Å². The van der Waals surface area contributed by atoms with E-state index in [0.717, 1.165) is 5.56 Å². The average molecular weight is 394 g/mol. The van der Waals surface area contributed by atoms with Gasteiger partial charge in [0.1, 0.15) is 6.54 Å². The van der Waals surface area contributed by atoms with Crippen molar-refractivity contribution in [2.45, 2.75) is 39.8 Å². The minimum Gasteiger partial charge on any atom is -0.468 e. The summed E-state index contributed by atoms with van der Waals surface area (Å²) in [7, 11) is 1.32. The predicted octanol–water partition coefficient (Wildman–Crippen LogP) is 3.70. The molecule has 0 saturated carbocycles. The molecule has 0 aliphatic carbocycles. The van der Waals surface area contributed by atoms with Crippen LogP contribution in [0.4, 0.5) is 0 Å². The topological polar surface area (TPSA) is 77.3 Å². The van der Waals surface area contributed by atoms with Gasteiger partial charge >= 0.3 is 5.97 Å². The van der Waals surface area contributed by atoms with Gasteiger partial charge in [-0.3, -0.25) is 9.59 Å². The van der Waals surface area contributed by atoms with Crippen LogP contribution in [-0.2, 0) is 9.53 Å². The van der Waals surface area contributed by atoms with Crippen molar-refractivity contribution in [3.05, 3.63) is 48.2 Å². The second-order valence-corrected chi connectivity index (χ2v) is 7.44. The number of nitrogens with zero attached hydrogens (tertiary/aromatic N) is 4. The Hall–Kier alpha value is -3.22. The molecule has 2 heterocycles. The summed E-state index contributed by atoms with van der Waals surface area (Å²) in [4.78, 5) is 31.6. The molecule has 152 valence electrons. The van der Waals surface area contributed by atoms with E-state index in [1.54, 1.807) is 16.9 Å². The van der Waals surface area contributed by atoms with Crippen molar-refractivity contribution >= 4 is 22.9 Å². The second kappa shape index (κ2) is 8.43. The van der Waals surface area contributed by atoms with Crippen molar-refractivity contribution in [2.75, 3.05) is 13.7 Å². The van der Waals surface area contributed by atoms with Crippen molar-refractivity contribution in [3.63, 3.8) is 0 Å². The van der Waals surface area contributed by atoms with E-state index in [-0.39, 0.29) is 24.5 Å². The van der Waals surface area contributed by atoms with Crippen LogP contribution in [0.5, 0.6) is 0 Å². The molecule has 29 heavy (non-hydrogen) atoms. The lowest BCUT2D eigenvalue weighted by molar-refractivity contribution is -0.141. The molecule has 0 bridgehead atoms. The molecule has 3 aromatic rings. The summed E-state index contributed by atoms with van der Waals surface area (Å²) in [5.74, 6) is -0.711. The monoisotopic (exact) mass is 394 g/mol. The smallest absolute Gasteiger partial charge is 0.325 e. The Morgan fingerprint density at radius 1 is 1.14 bits per heavy atom. The van der Waals surface area contributed by atoms with E-state index in [1.165, 1.54) is 12.0 Å². The fourth-order valence-corrected chi connectivity index (χ4v) is 3.18. The van der Waals surface area contributed by atoms with Crippen LogP contribution >= 0.6 is 0 Å². The maximum atomic E-state index is 13.5. The van der Waals surface area contributed by atoms with Crippen LogP contribution in [0.15, 0.2) is 42.6 Å². The lowest BCUT2D eigenvalue weighted by atomic mass is 10.1. The van der Waals surface area contributed by atoms with Crippen LogP contribution in [0.1, 0.15) is 44.1 Å². The van der Waals surface area contributed by atoms with Gasteiger partial charge in [0.25, 0.3) is 5.91 Å². The van der Waals surface area contributed by atoms with Gasteiger partial charge in [-0.25, -0.2) is 9.67 Å². The maximum Gasteiger partial charge on any atom is 0.325 e. The lowest BCUT2D eigenvalue weighted by Crippen LogP contribution is -2.41. The fraction of sp³-hybridized carbons (Fsp3) is 0.364. The number of benzene rings is 1. The van der Waals surface area contributed by atoms with Gasteiger partial charge in [0.2, 0.25) is 0 Å². The summed E-state index contributed by atoms with van der Waals surface area (Å²) < 4.78 is 6.58. The highest BCUT2D eigenvalue weighted by atomic mass is 16.5. The number of ether oxygens (including phenoxy) is 1. The van der Waals surface area contributed by atoms with Gasteiger partial charge in [-0.2, -0.15) is 5.10 Å². The van der Waals surface area contributed by atoms with Crippen molar-refractivity contribution in [3.8, 4) is 11.3 Å². The van der Waals surface area contributed by atoms with E-state index < -0.39 is 5.97 Å². The Bertz CT molecular complexity index is 1030. The quantitative estimate of drug-likeness (QED) is 0.596. The third-order valence-corrected chi connectivity index (χ3v) is 4.77. The van der Waals surface area contributed by atoms with Gasteiger partial charge in [-0.1, -0.05) is 30.3 Å². The number of rotatable bonds is 6. The Labute approximate surface area is 170 Å². The first kappa shape index (κ1) is 20.5. The molecule has 0 atom stereocenters. The van der Waals surface area contributed by atoms with E-state index in [1.807, 2.05) is 58.0 Å². The average Bonchev–Trinajstić information content (AvgIpc) is 3.15. The highest BCUT2D eigenvalue weighted by Crippen LogP contribution is 2.27. The Morgan fingerprint density at radius 2 is 1.83 bits per heavy atom. The first-order valence-corrected chi connectivity index (χ1v) is 9.65. The van der Waals surface area contributed by atoms with Crippen LogP contribution in [0.3, 0.4) is 0 Å². The Balaban J connectivity index is 2.19. The molecule has 2 aromatic heterocycles. The van der Waals surface area contributed by atoms with E-state index in [2.05, 4.69) is 5.10 Å². The van der Waals surface area contributed by atoms with E-state index >= 15 is 0 Å². The van der Waals surface area contributed by atoms with E-state index in [9.17, 15) is 9.59 Å². The van der Waals surface area contributed by atoms with Gasteiger partial charge in [-0.05, 0) is 33.8 Å². The zero-order valence-corrected chi connectivity index (χ0v) is 17.4. The Morgan fingerprint density at radius 3 is 2.41 bits per heavy atom. The zero-order valence-electron chi connectivity index (χ0n) is 17.4. The summed E-state index contributed by atoms with van der Waals surface area (Å²) in [5.41, 5.74) is 2.71. The standard InChI is InChI=1S/C22H26N4O3/c1-14(2)25(13-20(27)29-5)22(28)17-11-19(16-9-7-6-8-10-16)24-21-18(17)12-23-26(21)15(3)4/h6-12,14-15H,13H2,1-5H3. The van der Waals surface area contributed by atoms with Gasteiger partial charge < -0.3 is 9.64 Å². The number of esters is 1. The lowest BCUT2D eigenvalue weighted by Gasteiger charge is -2.26. The highest BCUT2D eigenvalue weighted by molar-refractivity contribution is 6.07. The van der Waals surface area contributed by atoms with Gasteiger partial charge in [-0.15, -0.1) is 0 Å². The molecule has 7 nitrogen and oxygen atoms in total. The third-order valence-electron chi connectivity index (χ3n) is 4.77. The maximum absolute atomic E-state index is 13.5. The van der Waals surface area contributed by atoms with E-state index in [4.69, 9.17) is 9.72 Å². The first-order chi connectivity index (χ1) is 13.8. The van der Waals surface area contributed by atoms with Crippen molar-refractivity contribution in [1.29, 1.82) is 0 Å². The summed E-state index contributed by atoms with van der Waals surface area (Å²) in [6.45, 7) is 7.66. The zero-order chi connectivity index (χ0) is 21.1. The molecular formula is C22H26N4O3. The molecule has 0 spiro atoms. The molecule has 3 rings (SSSR count). The van der Waals surface area contributed by atoms with Crippen LogP contribution in [0.2, 0.25) is 0 Å². The molecule has 0 saturated heterocycles. The summed E-state index contributed by atoms with van der Waals surface area (Å²) in [6.07, 6.45) is 1.67. The van der Waals surface area contributed by atoms with Crippen molar-refractivity contribution in [1.82, 2.24) is 19.7 Å². The summed E-state index contributed by atoms with van der Waals surface area (Å²) in [6, 6.07) is 11.4. The molecule has 0 unspecified atom stereocenters. The Kier molecular flexibility index (Phi) is 5.96. The summed E-state index contributed by atoms with van der Waals surface area (Å²) in [5, 5.41) is 5.11. The number of fused-ring (bicyclic) bond motifs is 1. The molecule has 1 amide bonds. The normalized spacial score (nSPS) is 11.3. The van der Waals surface area contributed by atoms with Crippen LogP contribution in [0, 0.1) is 0 Å². The number of hydrogen-bond acceptors (Lipinski definition) is 5. The highest BCUT2D eigenvalue weighted by Gasteiger charge is 2.26. The van der Waals surface area contributed by atoms with Crippen LogP contribution in [-0.4, -0.2) is 51.2 Å². The number of amides is 1. The number of hydrogen-bond donors (Lipinski definition) is 0. The molecule has 1 aromatic carbocycles. The third kappa shape index (κ3) is 4.13. The molecule has 0 fully saturated rings. The molecule has 0 aliphatic heterocycles.